The number of aliphatic hydroxyl groups excluding tert-OH is 1. The standard InChI is InChI=1S/C26H25N3O4/c1-16(2)33-21-11-10-18(14-17(21)3)24(30)22-23(20-9-5-7-13-28-20)29(26(32)25(22)31)15-19-8-4-6-12-27-19/h4-14,16,23,30H,15H2,1-3H3/b24-22-. The largest absolute Gasteiger partial charge is 0.507 e. The summed E-state index contributed by atoms with van der Waals surface area (Å²) in [5.74, 6) is -1.00. The van der Waals surface area contributed by atoms with Crippen molar-refractivity contribution in [3.63, 3.8) is 0 Å². The molecule has 4 rings (SSSR count). The maximum Gasteiger partial charge on any atom is 0.296 e. The molecule has 1 aliphatic heterocycles. The highest BCUT2D eigenvalue weighted by molar-refractivity contribution is 6.46. The SMILES string of the molecule is Cc1cc(/C(O)=C2/C(=O)C(=O)N(Cc3ccccn3)C2c2ccccn2)ccc1OC(C)C. The molecule has 1 atom stereocenters. The summed E-state index contributed by atoms with van der Waals surface area (Å²) in [6.07, 6.45) is 3.23. The summed E-state index contributed by atoms with van der Waals surface area (Å²) < 4.78 is 5.77. The summed E-state index contributed by atoms with van der Waals surface area (Å²) >= 11 is 0. The fourth-order valence-corrected chi connectivity index (χ4v) is 3.89. The van der Waals surface area contributed by atoms with Crippen LogP contribution in [0.25, 0.3) is 5.76 Å². The second-order valence-corrected chi connectivity index (χ2v) is 8.15. The molecule has 0 saturated carbocycles. The van der Waals surface area contributed by atoms with Gasteiger partial charge in [0.2, 0.25) is 0 Å². The fourth-order valence-electron chi connectivity index (χ4n) is 3.89. The Bertz CT molecular complexity index is 1210. The van der Waals surface area contributed by atoms with E-state index in [1.807, 2.05) is 26.8 Å². The summed E-state index contributed by atoms with van der Waals surface area (Å²) in [4.78, 5) is 36.2. The highest BCUT2D eigenvalue weighted by atomic mass is 16.5. The third-order valence-electron chi connectivity index (χ3n) is 5.38. The number of aliphatic hydroxyl groups is 1. The van der Waals surface area contributed by atoms with Crippen LogP contribution < -0.4 is 4.74 Å². The molecule has 3 aromatic rings. The summed E-state index contributed by atoms with van der Waals surface area (Å²) in [6, 6.07) is 15.0. The number of Topliss-reactive ketones (excluding diaryl/α,β-unsaturated/α-hetero) is 1. The minimum Gasteiger partial charge on any atom is -0.507 e. The lowest BCUT2D eigenvalue weighted by atomic mass is 9.97. The molecule has 7 heteroatoms. The number of carbonyl (C=O) groups excluding carboxylic acids is 2. The van der Waals surface area contributed by atoms with Crippen molar-refractivity contribution < 1.29 is 19.4 Å². The van der Waals surface area contributed by atoms with Gasteiger partial charge in [-0.2, -0.15) is 0 Å². The van der Waals surface area contributed by atoms with E-state index in [2.05, 4.69) is 9.97 Å². The first kappa shape index (κ1) is 22.2. The predicted octanol–water partition coefficient (Wildman–Crippen LogP) is 4.19. The van der Waals surface area contributed by atoms with Gasteiger partial charge in [0.1, 0.15) is 17.6 Å². The number of aromatic nitrogens is 2. The highest BCUT2D eigenvalue weighted by Crippen LogP contribution is 2.39. The van der Waals surface area contributed by atoms with Gasteiger partial charge >= 0.3 is 0 Å². The van der Waals surface area contributed by atoms with Gasteiger partial charge in [-0.1, -0.05) is 12.1 Å². The van der Waals surface area contributed by atoms with E-state index in [0.29, 0.717) is 22.7 Å². The third-order valence-corrected chi connectivity index (χ3v) is 5.38. The number of hydrogen-bond acceptors (Lipinski definition) is 6. The van der Waals surface area contributed by atoms with Crippen LogP contribution in [0.2, 0.25) is 0 Å². The molecule has 1 aliphatic rings. The molecule has 1 fully saturated rings. The Labute approximate surface area is 192 Å². The number of nitrogens with zero attached hydrogens (tertiary/aromatic N) is 3. The lowest BCUT2D eigenvalue weighted by molar-refractivity contribution is -0.140. The average Bonchev–Trinajstić information content (AvgIpc) is 3.06. The predicted molar refractivity (Wildman–Crippen MR) is 123 cm³/mol. The number of carbonyl (C=O) groups is 2. The van der Waals surface area contributed by atoms with Crippen LogP contribution in [-0.2, 0) is 16.1 Å². The maximum absolute atomic E-state index is 13.1. The van der Waals surface area contributed by atoms with Crippen LogP contribution in [0.15, 0.2) is 72.6 Å². The lowest BCUT2D eigenvalue weighted by Crippen LogP contribution is -2.29. The number of pyridine rings is 2. The average molecular weight is 444 g/mol. The van der Waals surface area contributed by atoms with E-state index in [-0.39, 0.29) is 24.0 Å². The molecule has 33 heavy (non-hydrogen) atoms. The van der Waals surface area contributed by atoms with E-state index in [4.69, 9.17) is 4.74 Å². The van der Waals surface area contributed by atoms with E-state index < -0.39 is 17.7 Å². The number of aryl methyl sites for hydroxylation is 1. The van der Waals surface area contributed by atoms with Gasteiger partial charge in [-0.15, -0.1) is 0 Å². The van der Waals surface area contributed by atoms with Crippen LogP contribution >= 0.6 is 0 Å². The molecular weight excluding hydrogens is 418 g/mol. The van der Waals surface area contributed by atoms with Gasteiger partial charge in [-0.05, 0) is 68.8 Å². The molecule has 1 N–H and O–H groups in total. The van der Waals surface area contributed by atoms with Gasteiger partial charge < -0.3 is 14.7 Å². The maximum atomic E-state index is 13.1. The summed E-state index contributed by atoms with van der Waals surface area (Å²) in [5, 5.41) is 11.2. The van der Waals surface area contributed by atoms with E-state index in [0.717, 1.165) is 5.56 Å². The smallest absolute Gasteiger partial charge is 0.296 e. The quantitative estimate of drug-likeness (QED) is 0.349. The number of ether oxygens (including phenoxy) is 1. The molecular formula is C26H25N3O4. The summed E-state index contributed by atoms with van der Waals surface area (Å²) in [5.41, 5.74) is 2.37. The van der Waals surface area contributed by atoms with Crippen LogP contribution in [-0.4, -0.2) is 37.8 Å². The molecule has 1 saturated heterocycles. The van der Waals surface area contributed by atoms with Crippen molar-refractivity contribution in [1.29, 1.82) is 0 Å². The zero-order valence-corrected chi connectivity index (χ0v) is 18.7. The van der Waals surface area contributed by atoms with Crippen molar-refractivity contribution in [3.8, 4) is 5.75 Å². The molecule has 0 bridgehead atoms. The Morgan fingerprint density at radius 2 is 1.79 bits per heavy atom. The van der Waals surface area contributed by atoms with Crippen molar-refractivity contribution in [2.75, 3.05) is 0 Å². The Morgan fingerprint density at radius 1 is 1.06 bits per heavy atom. The summed E-state index contributed by atoms with van der Waals surface area (Å²) in [7, 11) is 0. The van der Waals surface area contributed by atoms with Crippen molar-refractivity contribution >= 4 is 17.4 Å². The van der Waals surface area contributed by atoms with Crippen LogP contribution in [0.5, 0.6) is 5.75 Å². The zero-order chi connectivity index (χ0) is 23.5. The summed E-state index contributed by atoms with van der Waals surface area (Å²) in [6.45, 7) is 5.85. The van der Waals surface area contributed by atoms with E-state index >= 15 is 0 Å². The monoisotopic (exact) mass is 443 g/mol. The molecule has 0 radical (unpaired) electrons. The van der Waals surface area contributed by atoms with Crippen LogP contribution in [0, 0.1) is 6.92 Å². The van der Waals surface area contributed by atoms with Crippen molar-refractivity contribution in [1.82, 2.24) is 14.9 Å². The molecule has 1 unspecified atom stereocenters. The Balaban J connectivity index is 1.81. The van der Waals surface area contributed by atoms with Crippen LogP contribution in [0.4, 0.5) is 0 Å². The first-order chi connectivity index (χ1) is 15.9. The molecule has 1 amide bonds. The Hall–Kier alpha value is -4.00. The minimum absolute atomic E-state index is 0.00391. The normalized spacial score (nSPS) is 17.6. The molecule has 168 valence electrons. The fraction of sp³-hybridized carbons (Fsp3) is 0.231. The van der Waals surface area contributed by atoms with Gasteiger partial charge in [-0.3, -0.25) is 19.6 Å². The van der Waals surface area contributed by atoms with Crippen molar-refractivity contribution in [2.24, 2.45) is 0 Å². The van der Waals surface area contributed by atoms with Gasteiger partial charge in [0.05, 0.1) is 29.6 Å². The minimum atomic E-state index is -0.833. The van der Waals surface area contributed by atoms with Crippen LogP contribution in [0.1, 0.15) is 42.4 Å². The number of likely N-dealkylation sites (tertiary alicyclic amines) is 1. The lowest BCUT2D eigenvalue weighted by Gasteiger charge is -2.24. The second-order valence-electron chi connectivity index (χ2n) is 8.15. The van der Waals surface area contributed by atoms with Gasteiger partial charge in [0.15, 0.2) is 0 Å². The van der Waals surface area contributed by atoms with E-state index in [1.54, 1.807) is 60.9 Å². The van der Waals surface area contributed by atoms with Gasteiger partial charge in [-0.25, -0.2) is 0 Å². The highest BCUT2D eigenvalue weighted by Gasteiger charge is 2.46. The topological polar surface area (TPSA) is 92.6 Å². The van der Waals surface area contributed by atoms with E-state index in [9.17, 15) is 14.7 Å². The zero-order valence-electron chi connectivity index (χ0n) is 18.7. The molecule has 0 aliphatic carbocycles. The number of hydrogen-bond donors (Lipinski definition) is 1. The second kappa shape index (κ2) is 9.24. The number of amides is 1. The Kier molecular flexibility index (Phi) is 6.22. The van der Waals surface area contributed by atoms with Gasteiger partial charge in [0.25, 0.3) is 11.7 Å². The van der Waals surface area contributed by atoms with E-state index in [1.165, 1.54) is 4.90 Å². The number of benzene rings is 1. The van der Waals surface area contributed by atoms with Gasteiger partial charge in [0, 0.05) is 18.0 Å². The third kappa shape index (κ3) is 4.48. The van der Waals surface area contributed by atoms with Crippen molar-refractivity contribution in [2.45, 2.75) is 39.5 Å². The molecule has 0 spiro atoms. The first-order valence-corrected chi connectivity index (χ1v) is 10.7. The van der Waals surface area contributed by atoms with Crippen LogP contribution in [0.3, 0.4) is 0 Å². The number of ketones is 1. The number of rotatable bonds is 6. The molecule has 1 aromatic carbocycles. The first-order valence-electron chi connectivity index (χ1n) is 10.7. The molecule has 2 aromatic heterocycles. The van der Waals surface area contributed by atoms with Crippen molar-refractivity contribution in [3.05, 3.63) is 95.1 Å². The molecule has 3 heterocycles. The molecule has 7 nitrogen and oxygen atoms in total. The Morgan fingerprint density at radius 3 is 2.39 bits per heavy atom.